The van der Waals surface area contributed by atoms with Crippen molar-refractivity contribution in [2.24, 2.45) is 11.1 Å². The Balaban J connectivity index is 2.08. The van der Waals surface area contributed by atoms with Crippen LogP contribution in [0.15, 0.2) is 42.5 Å². The zero-order valence-electron chi connectivity index (χ0n) is 16.3. The van der Waals surface area contributed by atoms with Gasteiger partial charge in [-0.25, -0.2) is 4.39 Å². The monoisotopic (exact) mass is 407 g/mol. The highest BCUT2D eigenvalue weighted by atomic mass is 35.5. The van der Waals surface area contributed by atoms with Gasteiger partial charge in [0.1, 0.15) is 5.82 Å². The molecule has 6 heteroatoms. The second-order valence-electron chi connectivity index (χ2n) is 7.24. The molecule has 2 aromatic rings. The van der Waals surface area contributed by atoms with Crippen molar-refractivity contribution in [3.63, 3.8) is 0 Å². The van der Waals surface area contributed by atoms with Crippen LogP contribution in [0, 0.1) is 11.2 Å². The Morgan fingerprint density at radius 2 is 1.96 bits per heavy atom. The summed E-state index contributed by atoms with van der Waals surface area (Å²) in [6.45, 7) is 3.70. The van der Waals surface area contributed by atoms with E-state index in [0.717, 1.165) is 11.1 Å². The Hall–Kier alpha value is -1.95. The van der Waals surface area contributed by atoms with Crippen molar-refractivity contribution < 1.29 is 19.0 Å². The van der Waals surface area contributed by atoms with Crippen LogP contribution in [0.25, 0.3) is 11.1 Å². The number of nitrogens with two attached hydrogens (primary N) is 1. The van der Waals surface area contributed by atoms with Crippen LogP contribution >= 0.6 is 11.6 Å². The van der Waals surface area contributed by atoms with Crippen molar-refractivity contribution in [2.75, 3.05) is 13.2 Å². The maximum Gasteiger partial charge on any atom is 0.311 e. The standard InChI is InChI=1S/C22H27ClFNO3/c1-3-28-21(27)22(2,10-11-26)14-18(25)12-15-4-6-16(7-5-15)19-13-17(23)8-9-20(19)24/h4-9,13,18,26H,3,10-12,14,25H2,1-2H3/t18-,22-/m1/s1. The molecule has 0 aliphatic rings. The molecule has 4 nitrogen and oxygen atoms in total. The third-order valence-electron chi connectivity index (χ3n) is 4.84. The molecule has 0 aliphatic heterocycles. The van der Waals surface area contributed by atoms with Gasteiger partial charge in [-0.1, -0.05) is 35.9 Å². The SMILES string of the molecule is CCOC(=O)[C@](C)(CCO)C[C@H](N)Cc1ccc(-c2cc(Cl)ccc2F)cc1. The summed E-state index contributed by atoms with van der Waals surface area (Å²) in [6.07, 6.45) is 1.25. The fourth-order valence-electron chi connectivity index (χ4n) is 3.33. The second kappa shape index (κ2) is 10.0. The van der Waals surface area contributed by atoms with E-state index in [1.165, 1.54) is 12.1 Å². The Labute approximate surface area is 170 Å². The van der Waals surface area contributed by atoms with E-state index in [-0.39, 0.29) is 31.0 Å². The van der Waals surface area contributed by atoms with Gasteiger partial charge in [0, 0.05) is 23.2 Å². The number of aliphatic hydroxyl groups excluding tert-OH is 1. The molecule has 0 spiro atoms. The number of hydrogen-bond acceptors (Lipinski definition) is 4. The molecule has 0 aliphatic carbocycles. The highest BCUT2D eigenvalue weighted by molar-refractivity contribution is 6.30. The topological polar surface area (TPSA) is 72.5 Å². The molecular formula is C22H27ClFNO3. The van der Waals surface area contributed by atoms with Gasteiger partial charge in [0.15, 0.2) is 0 Å². The van der Waals surface area contributed by atoms with Crippen LogP contribution in [-0.2, 0) is 16.0 Å². The lowest BCUT2D eigenvalue weighted by molar-refractivity contribution is -0.156. The predicted molar refractivity (Wildman–Crippen MR) is 110 cm³/mol. The molecule has 0 radical (unpaired) electrons. The third-order valence-corrected chi connectivity index (χ3v) is 5.07. The van der Waals surface area contributed by atoms with Gasteiger partial charge in [-0.05, 0) is 62.4 Å². The summed E-state index contributed by atoms with van der Waals surface area (Å²) in [7, 11) is 0. The first-order valence-corrected chi connectivity index (χ1v) is 9.75. The summed E-state index contributed by atoms with van der Waals surface area (Å²) in [5.41, 5.74) is 7.61. The van der Waals surface area contributed by atoms with Crippen molar-refractivity contribution in [1.82, 2.24) is 0 Å². The molecule has 0 heterocycles. The number of rotatable bonds is 9. The summed E-state index contributed by atoms with van der Waals surface area (Å²) < 4.78 is 19.2. The van der Waals surface area contributed by atoms with Crippen LogP contribution in [0.2, 0.25) is 5.02 Å². The first kappa shape index (κ1) is 22.3. The molecular weight excluding hydrogens is 381 g/mol. The van der Waals surface area contributed by atoms with E-state index in [0.29, 0.717) is 29.8 Å². The van der Waals surface area contributed by atoms with Crippen LogP contribution in [-0.4, -0.2) is 30.3 Å². The Bertz CT molecular complexity index is 797. The lowest BCUT2D eigenvalue weighted by atomic mass is 9.79. The van der Waals surface area contributed by atoms with Crippen LogP contribution in [0.4, 0.5) is 4.39 Å². The van der Waals surface area contributed by atoms with E-state index < -0.39 is 5.41 Å². The molecule has 2 aromatic carbocycles. The highest BCUT2D eigenvalue weighted by Gasteiger charge is 2.35. The number of carbonyl (C=O) groups excluding carboxylic acids is 1. The van der Waals surface area contributed by atoms with Crippen molar-refractivity contribution in [1.29, 1.82) is 0 Å². The first-order chi connectivity index (χ1) is 13.3. The number of benzene rings is 2. The van der Waals surface area contributed by atoms with Crippen LogP contribution < -0.4 is 5.73 Å². The number of ether oxygens (including phenoxy) is 1. The molecule has 0 saturated carbocycles. The van der Waals surface area contributed by atoms with Crippen molar-refractivity contribution >= 4 is 17.6 Å². The van der Waals surface area contributed by atoms with Crippen LogP contribution in [0.3, 0.4) is 0 Å². The minimum atomic E-state index is -0.825. The van der Waals surface area contributed by atoms with E-state index in [1.807, 2.05) is 24.3 Å². The third kappa shape index (κ3) is 5.77. The summed E-state index contributed by atoms with van der Waals surface area (Å²) >= 11 is 5.96. The van der Waals surface area contributed by atoms with Gasteiger partial charge >= 0.3 is 5.97 Å². The first-order valence-electron chi connectivity index (χ1n) is 9.37. The molecule has 0 aromatic heterocycles. The molecule has 0 unspecified atom stereocenters. The number of halogens is 2. The van der Waals surface area contributed by atoms with E-state index in [2.05, 4.69) is 0 Å². The highest BCUT2D eigenvalue weighted by Crippen LogP contribution is 2.30. The molecule has 0 fully saturated rings. The number of hydrogen-bond donors (Lipinski definition) is 2. The number of esters is 1. The van der Waals surface area contributed by atoms with E-state index in [4.69, 9.17) is 22.1 Å². The zero-order valence-corrected chi connectivity index (χ0v) is 17.0. The zero-order chi connectivity index (χ0) is 20.7. The Morgan fingerprint density at radius 1 is 1.29 bits per heavy atom. The largest absolute Gasteiger partial charge is 0.466 e. The molecule has 28 heavy (non-hydrogen) atoms. The van der Waals surface area contributed by atoms with Gasteiger partial charge in [0.05, 0.1) is 12.0 Å². The van der Waals surface area contributed by atoms with Gasteiger partial charge in [-0.15, -0.1) is 0 Å². The van der Waals surface area contributed by atoms with Gasteiger partial charge in [-0.3, -0.25) is 4.79 Å². The van der Waals surface area contributed by atoms with E-state index in [1.54, 1.807) is 19.9 Å². The second-order valence-corrected chi connectivity index (χ2v) is 7.68. The van der Waals surface area contributed by atoms with E-state index in [9.17, 15) is 14.3 Å². The Morgan fingerprint density at radius 3 is 2.57 bits per heavy atom. The number of carbonyl (C=O) groups is 1. The van der Waals surface area contributed by atoms with Gasteiger partial charge < -0.3 is 15.6 Å². The summed E-state index contributed by atoms with van der Waals surface area (Å²) in [4.78, 5) is 12.3. The molecule has 152 valence electrons. The maximum absolute atomic E-state index is 14.0. The molecule has 3 N–H and O–H groups in total. The molecule has 0 saturated heterocycles. The number of aliphatic hydroxyl groups is 1. The van der Waals surface area contributed by atoms with Crippen LogP contribution in [0.1, 0.15) is 32.3 Å². The molecule has 2 atom stereocenters. The lowest BCUT2D eigenvalue weighted by Crippen LogP contribution is -2.38. The van der Waals surface area contributed by atoms with Crippen molar-refractivity contribution in [3.05, 3.63) is 58.9 Å². The summed E-state index contributed by atoms with van der Waals surface area (Å²) in [5, 5.41) is 9.79. The summed E-state index contributed by atoms with van der Waals surface area (Å²) in [5.74, 6) is -0.672. The molecule has 0 bridgehead atoms. The Kier molecular flexibility index (Phi) is 7.98. The van der Waals surface area contributed by atoms with Gasteiger partial charge in [0.2, 0.25) is 0 Å². The average Bonchev–Trinajstić information content (AvgIpc) is 2.64. The van der Waals surface area contributed by atoms with Crippen molar-refractivity contribution in [2.45, 2.75) is 39.2 Å². The smallest absolute Gasteiger partial charge is 0.311 e. The van der Waals surface area contributed by atoms with E-state index >= 15 is 0 Å². The van der Waals surface area contributed by atoms with Crippen molar-refractivity contribution in [3.8, 4) is 11.1 Å². The quantitative estimate of drug-likeness (QED) is 0.606. The van der Waals surface area contributed by atoms with Crippen LogP contribution in [0.5, 0.6) is 0 Å². The normalized spacial score (nSPS) is 14.4. The van der Waals surface area contributed by atoms with Gasteiger partial charge in [-0.2, -0.15) is 0 Å². The predicted octanol–water partition coefficient (Wildman–Crippen LogP) is 4.36. The minimum Gasteiger partial charge on any atom is -0.466 e. The minimum absolute atomic E-state index is 0.109. The lowest BCUT2D eigenvalue weighted by Gasteiger charge is -2.29. The maximum atomic E-state index is 14.0. The molecule has 0 amide bonds. The molecule has 2 rings (SSSR count). The fourth-order valence-corrected chi connectivity index (χ4v) is 3.50. The average molecular weight is 408 g/mol. The van der Waals surface area contributed by atoms with Gasteiger partial charge in [0.25, 0.3) is 0 Å². The summed E-state index contributed by atoms with van der Waals surface area (Å²) in [6, 6.07) is 11.6. The fraction of sp³-hybridized carbons (Fsp3) is 0.409.